The number of benzene rings is 1. The first-order valence-corrected chi connectivity index (χ1v) is 8.40. The van der Waals surface area contributed by atoms with Gasteiger partial charge in [-0.2, -0.15) is 13.2 Å². The molecule has 1 aliphatic carbocycles. The van der Waals surface area contributed by atoms with Gasteiger partial charge < -0.3 is 14.5 Å². The van der Waals surface area contributed by atoms with Crippen LogP contribution in [0.25, 0.3) is 0 Å². The molecular formula is C18H17F3N2O4. The standard InChI is InChI=1S/C18H17F3N2O4/c19-18(20,21)12-7-5-11(6-8-12)9-23(10-15(24)25)17(26)16-13-3-1-2-4-14(13)27-22-16/h5-8H,1-4,9-10H2,(H,24,25). The molecule has 1 amide bonds. The van der Waals surface area contributed by atoms with Gasteiger partial charge >= 0.3 is 12.1 Å². The first-order valence-electron chi connectivity index (χ1n) is 8.40. The third-order valence-corrected chi connectivity index (χ3v) is 4.42. The second-order valence-corrected chi connectivity index (χ2v) is 6.39. The molecule has 2 aromatic rings. The van der Waals surface area contributed by atoms with Crippen molar-refractivity contribution in [3.63, 3.8) is 0 Å². The molecule has 1 aliphatic rings. The summed E-state index contributed by atoms with van der Waals surface area (Å²) >= 11 is 0. The molecular weight excluding hydrogens is 365 g/mol. The number of alkyl halides is 3. The van der Waals surface area contributed by atoms with E-state index >= 15 is 0 Å². The average molecular weight is 382 g/mol. The number of rotatable bonds is 5. The maximum Gasteiger partial charge on any atom is 0.416 e. The van der Waals surface area contributed by atoms with Gasteiger partial charge in [-0.3, -0.25) is 9.59 Å². The summed E-state index contributed by atoms with van der Waals surface area (Å²) in [6.45, 7) is -0.744. The highest BCUT2D eigenvalue weighted by Gasteiger charge is 2.31. The number of carboxylic acid groups (broad SMARTS) is 1. The first kappa shape index (κ1) is 18.9. The molecule has 0 aliphatic heterocycles. The number of carboxylic acids is 1. The molecule has 0 fully saturated rings. The Bertz CT molecular complexity index is 843. The third kappa shape index (κ3) is 4.29. The van der Waals surface area contributed by atoms with E-state index in [0.717, 1.165) is 29.9 Å². The smallest absolute Gasteiger partial charge is 0.416 e. The predicted molar refractivity (Wildman–Crippen MR) is 87.0 cm³/mol. The number of aryl methyl sites for hydroxylation is 1. The van der Waals surface area contributed by atoms with Gasteiger partial charge in [-0.05, 0) is 37.0 Å². The summed E-state index contributed by atoms with van der Waals surface area (Å²) in [7, 11) is 0. The number of carbonyl (C=O) groups excluding carboxylic acids is 1. The van der Waals surface area contributed by atoms with Crippen molar-refractivity contribution in [2.45, 2.75) is 38.4 Å². The Balaban J connectivity index is 1.82. The number of halogens is 3. The quantitative estimate of drug-likeness (QED) is 0.858. The lowest BCUT2D eigenvalue weighted by molar-refractivity contribution is -0.138. The highest BCUT2D eigenvalue weighted by atomic mass is 19.4. The molecule has 0 radical (unpaired) electrons. The normalized spacial score (nSPS) is 13.9. The molecule has 0 unspecified atom stereocenters. The van der Waals surface area contributed by atoms with E-state index in [0.29, 0.717) is 29.7 Å². The minimum absolute atomic E-state index is 0.0814. The highest BCUT2D eigenvalue weighted by molar-refractivity contribution is 5.95. The van der Waals surface area contributed by atoms with E-state index < -0.39 is 30.2 Å². The summed E-state index contributed by atoms with van der Waals surface area (Å²) in [5.74, 6) is -1.20. The summed E-state index contributed by atoms with van der Waals surface area (Å²) in [6.07, 6.45) is -1.35. The Labute approximate surface area is 152 Å². The second-order valence-electron chi connectivity index (χ2n) is 6.39. The topological polar surface area (TPSA) is 83.6 Å². The highest BCUT2D eigenvalue weighted by Crippen LogP contribution is 2.29. The van der Waals surface area contributed by atoms with Crippen LogP contribution >= 0.6 is 0 Å². The van der Waals surface area contributed by atoms with Crippen LogP contribution in [0.1, 0.15) is 45.8 Å². The van der Waals surface area contributed by atoms with Crippen molar-refractivity contribution in [1.29, 1.82) is 0 Å². The lowest BCUT2D eigenvalue weighted by Gasteiger charge is -2.21. The number of aromatic nitrogens is 1. The zero-order chi connectivity index (χ0) is 19.6. The fourth-order valence-corrected chi connectivity index (χ4v) is 3.08. The van der Waals surface area contributed by atoms with Crippen molar-refractivity contribution >= 4 is 11.9 Å². The summed E-state index contributed by atoms with van der Waals surface area (Å²) < 4.78 is 43.2. The largest absolute Gasteiger partial charge is 0.480 e. The van der Waals surface area contributed by atoms with Crippen LogP contribution in [0.3, 0.4) is 0 Å². The molecule has 0 saturated carbocycles. The van der Waals surface area contributed by atoms with Crippen molar-refractivity contribution in [1.82, 2.24) is 10.1 Å². The lowest BCUT2D eigenvalue weighted by Crippen LogP contribution is -2.36. The summed E-state index contributed by atoms with van der Waals surface area (Å²) in [6, 6.07) is 4.25. The Morgan fingerprint density at radius 3 is 2.44 bits per heavy atom. The van der Waals surface area contributed by atoms with Crippen LogP contribution in [-0.2, 0) is 30.4 Å². The molecule has 0 atom stereocenters. The Morgan fingerprint density at radius 2 is 1.81 bits per heavy atom. The third-order valence-electron chi connectivity index (χ3n) is 4.42. The van der Waals surface area contributed by atoms with Gasteiger partial charge in [-0.25, -0.2) is 0 Å². The van der Waals surface area contributed by atoms with E-state index in [2.05, 4.69) is 5.16 Å². The molecule has 27 heavy (non-hydrogen) atoms. The van der Waals surface area contributed by atoms with Crippen molar-refractivity contribution in [2.24, 2.45) is 0 Å². The fourth-order valence-electron chi connectivity index (χ4n) is 3.08. The van der Waals surface area contributed by atoms with Crippen LogP contribution in [0, 0.1) is 0 Å². The number of fused-ring (bicyclic) bond motifs is 1. The fraction of sp³-hybridized carbons (Fsp3) is 0.389. The molecule has 144 valence electrons. The van der Waals surface area contributed by atoms with Crippen LogP contribution in [0.5, 0.6) is 0 Å². The van der Waals surface area contributed by atoms with Crippen molar-refractivity contribution in [3.05, 3.63) is 52.4 Å². The minimum atomic E-state index is -4.46. The van der Waals surface area contributed by atoms with Gasteiger partial charge in [0.05, 0.1) is 5.56 Å². The number of carbonyl (C=O) groups is 2. The number of amides is 1. The molecule has 1 heterocycles. The van der Waals surface area contributed by atoms with Crippen molar-refractivity contribution < 1.29 is 32.4 Å². The number of hydrogen-bond donors (Lipinski definition) is 1. The molecule has 1 aromatic carbocycles. The van der Waals surface area contributed by atoms with Crippen LogP contribution in [0.2, 0.25) is 0 Å². The van der Waals surface area contributed by atoms with Gasteiger partial charge in [0, 0.05) is 18.5 Å². The number of nitrogens with zero attached hydrogens (tertiary/aromatic N) is 2. The van der Waals surface area contributed by atoms with Crippen LogP contribution in [0.4, 0.5) is 13.2 Å². The summed E-state index contributed by atoms with van der Waals surface area (Å²) in [5.41, 5.74) is 0.342. The van der Waals surface area contributed by atoms with Gasteiger partial charge in [0.2, 0.25) is 0 Å². The Hall–Kier alpha value is -2.84. The van der Waals surface area contributed by atoms with E-state index in [1.807, 2.05) is 0 Å². The molecule has 3 rings (SSSR count). The van der Waals surface area contributed by atoms with Crippen LogP contribution in [-0.4, -0.2) is 33.6 Å². The van der Waals surface area contributed by atoms with Gasteiger partial charge in [0.1, 0.15) is 12.3 Å². The molecule has 6 nitrogen and oxygen atoms in total. The van der Waals surface area contributed by atoms with Gasteiger partial charge in [0.15, 0.2) is 5.69 Å². The average Bonchev–Trinajstić information content (AvgIpc) is 3.04. The van der Waals surface area contributed by atoms with Crippen molar-refractivity contribution in [3.8, 4) is 0 Å². The Kier molecular flexibility index (Phi) is 5.20. The van der Waals surface area contributed by atoms with Crippen LogP contribution in [0.15, 0.2) is 28.8 Å². The van der Waals surface area contributed by atoms with Crippen LogP contribution < -0.4 is 0 Å². The van der Waals surface area contributed by atoms with E-state index in [1.54, 1.807) is 0 Å². The van der Waals surface area contributed by atoms with E-state index in [-0.39, 0.29) is 12.2 Å². The Morgan fingerprint density at radius 1 is 1.15 bits per heavy atom. The maximum absolute atomic E-state index is 12.8. The van der Waals surface area contributed by atoms with Gasteiger partial charge in [-0.15, -0.1) is 0 Å². The summed E-state index contributed by atoms with van der Waals surface area (Å²) in [5, 5.41) is 12.9. The molecule has 0 bridgehead atoms. The molecule has 0 saturated heterocycles. The molecule has 1 aromatic heterocycles. The predicted octanol–water partition coefficient (Wildman–Crippen LogP) is 3.30. The zero-order valence-corrected chi connectivity index (χ0v) is 14.3. The second kappa shape index (κ2) is 7.42. The summed E-state index contributed by atoms with van der Waals surface area (Å²) in [4.78, 5) is 25.0. The number of aliphatic carboxylic acids is 1. The number of hydrogen-bond acceptors (Lipinski definition) is 4. The molecule has 9 heteroatoms. The monoisotopic (exact) mass is 382 g/mol. The zero-order valence-electron chi connectivity index (χ0n) is 14.3. The van der Waals surface area contributed by atoms with E-state index in [1.165, 1.54) is 12.1 Å². The minimum Gasteiger partial charge on any atom is -0.480 e. The lowest BCUT2D eigenvalue weighted by atomic mass is 9.96. The molecule has 1 N–H and O–H groups in total. The molecule has 0 spiro atoms. The first-order chi connectivity index (χ1) is 12.8. The maximum atomic E-state index is 12.8. The SMILES string of the molecule is O=C(O)CN(Cc1ccc(C(F)(F)F)cc1)C(=O)c1noc2c1CCCC2. The van der Waals surface area contributed by atoms with Gasteiger partial charge in [0.25, 0.3) is 5.91 Å². The van der Waals surface area contributed by atoms with Gasteiger partial charge in [-0.1, -0.05) is 17.3 Å². The van der Waals surface area contributed by atoms with Crippen molar-refractivity contribution in [2.75, 3.05) is 6.54 Å². The van der Waals surface area contributed by atoms with E-state index in [9.17, 15) is 22.8 Å². The van der Waals surface area contributed by atoms with E-state index in [4.69, 9.17) is 9.63 Å².